The van der Waals surface area contributed by atoms with Crippen LogP contribution in [0.25, 0.3) is 28.1 Å². The summed E-state index contributed by atoms with van der Waals surface area (Å²) in [6.45, 7) is 0.183. The van der Waals surface area contributed by atoms with Crippen LogP contribution in [0.3, 0.4) is 0 Å². The van der Waals surface area contributed by atoms with Crippen molar-refractivity contribution in [2.24, 2.45) is 0 Å². The minimum Gasteiger partial charge on any atom is -0.492 e. The number of hydrogen-bond acceptors (Lipinski definition) is 6. The van der Waals surface area contributed by atoms with Crippen LogP contribution in [0, 0.1) is 5.82 Å². The van der Waals surface area contributed by atoms with Crippen molar-refractivity contribution < 1.29 is 19.4 Å². The van der Waals surface area contributed by atoms with E-state index >= 15 is 0 Å². The van der Waals surface area contributed by atoms with Crippen molar-refractivity contribution in [1.82, 2.24) is 29.5 Å². The smallest absolute Gasteiger partial charge is 0.338 e. The highest BCUT2D eigenvalue weighted by molar-refractivity contribution is 5.87. The molecule has 2 N–H and O–H groups in total. The van der Waals surface area contributed by atoms with Gasteiger partial charge in [0.2, 0.25) is 5.88 Å². The van der Waals surface area contributed by atoms with Gasteiger partial charge in [0.25, 0.3) is 5.95 Å². The Balaban J connectivity index is 1.51. The second-order valence-corrected chi connectivity index (χ2v) is 7.08. The summed E-state index contributed by atoms with van der Waals surface area (Å²) in [4.78, 5) is 19.4. The number of carboxylic acid groups (broad SMARTS) is 1. The summed E-state index contributed by atoms with van der Waals surface area (Å²) in [7, 11) is 0. The molecule has 0 saturated carbocycles. The lowest BCUT2D eigenvalue weighted by Crippen LogP contribution is -2.05. The lowest BCUT2D eigenvalue weighted by molar-refractivity contribution is 0.0697. The second kappa shape index (κ2) is 7.58. The van der Waals surface area contributed by atoms with Gasteiger partial charge in [-0.15, -0.1) is 0 Å². The zero-order chi connectivity index (χ0) is 22.2. The summed E-state index contributed by atoms with van der Waals surface area (Å²) in [5.74, 6) is -1.87. The molecule has 0 radical (unpaired) electrons. The monoisotopic (exact) mass is 430 g/mol. The first-order valence-corrected chi connectivity index (χ1v) is 9.54. The highest BCUT2D eigenvalue weighted by Crippen LogP contribution is 2.26. The molecular formula is C22H15FN6O3. The largest absolute Gasteiger partial charge is 0.492 e. The number of rotatable bonds is 5. The van der Waals surface area contributed by atoms with Crippen LogP contribution in [-0.4, -0.2) is 45.7 Å². The van der Waals surface area contributed by atoms with E-state index in [1.54, 1.807) is 0 Å². The van der Waals surface area contributed by atoms with E-state index in [-0.39, 0.29) is 35.3 Å². The zero-order valence-corrected chi connectivity index (χ0v) is 16.4. The molecule has 10 heteroatoms. The van der Waals surface area contributed by atoms with Crippen molar-refractivity contribution >= 4 is 17.0 Å². The van der Waals surface area contributed by atoms with Gasteiger partial charge in [0.05, 0.1) is 24.5 Å². The molecule has 0 aliphatic heterocycles. The SMILES string of the molecule is O=C(O)c1cnn(-c2nc(O)c3c(cnn3Cc3cc(F)cc(-c4ccccc4)c3)n2)c1. The molecule has 0 aliphatic rings. The molecule has 0 amide bonds. The number of carbonyl (C=O) groups is 1. The Hall–Kier alpha value is -4.60. The summed E-state index contributed by atoms with van der Waals surface area (Å²) >= 11 is 0. The van der Waals surface area contributed by atoms with Crippen molar-refractivity contribution in [2.45, 2.75) is 6.54 Å². The summed E-state index contributed by atoms with van der Waals surface area (Å²) in [6, 6.07) is 14.2. The van der Waals surface area contributed by atoms with Gasteiger partial charge in [0.15, 0.2) is 0 Å². The summed E-state index contributed by atoms with van der Waals surface area (Å²) in [6.07, 6.45) is 3.84. The Morgan fingerprint density at radius 3 is 2.56 bits per heavy atom. The lowest BCUT2D eigenvalue weighted by Gasteiger charge is -2.09. The van der Waals surface area contributed by atoms with Crippen molar-refractivity contribution in [3.8, 4) is 23.0 Å². The quantitative estimate of drug-likeness (QED) is 0.439. The van der Waals surface area contributed by atoms with Gasteiger partial charge in [-0.3, -0.25) is 4.68 Å². The lowest BCUT2D eigenvalue weighted by atomic mass is 10.0. The third kappa shape index (κ3) is 3.54. The zero-order valence-electron chi connectivity index (χ0n) is 16.4. The molecule has 3 aromatic heterocycles. The van der Waals surface area contributed by atoms with Crippen LogP contribution in [-0.2, 0) is 6.54 Å². The molecule has 0 bridgehead atoms. The summed E-state index contributed by atoms with van der Waals surface area (Å²) in [5, 5.41) is 27.7. The molecule has 0 spiro atoms. The molecule has 0 fully saturated rings. The van der Waals surface area contributed by atoms with E-state index in [0.29, 0.717) is 11.1 Å². The van der Waals surface area contributed by atoms with Gasteiger partial charge in [-0.2, -0.15) is 15.2 Å². The van der Waals surface area contributed by atoms with Gasteiger partial charge in [-0.1, -0.05) is 30.3 Å². The van der Waals surface area contributed by atoms with E-state index in [4.69, 9.17) is 5.11 Å². The molecule has 5 rings (SSSR count). The Morgan fingerprint density at radius 2 is 1.81 bits per heavy atom. The van der Waals surface area contributed by atoms with Crippen LogP contribution in [0.4, 0.5) is 4.39 Å². The molecule has 0 saturated heterocycles. The minimum absolute atomic E-state index is 0.000769. The maximum Gasteiger partial charge on any atom is 0.338 e. The molecule has 9 nitrogen and oxygen atoms in total. The molecular weight excluding hydrogens is 415 g/mol. The van der Waals surface area contributed by atoms with E-state index in [1.807, 2.05) is 36.4 Å². The number of aromatic nitrogens is 6. The van der Waals surface area contributed by atoms with Gasteiger partial charge in [0.1, 0.15) is 16.9 Å². The molecule has 5 aromatic rings. The number of benzene rings is 2. The van der Waals surface area contributed by atoms with Crippen molar-refractivity contribution in [2.75, 3.05) is 0 Å². The van der Waals surface area contributed by atoms with Crippen LogP contribution in [0.1, 0.15) is 15.9 Å². The number of carboxylic acids is 1. The van der Waals surface area contributed by atoms with Crippen LogP contribution in [0.15, 0.2) is 67.1 Å². The summed E-state index contributed by atoms with van der Waals surface area (Å²) < 4.78 is 16.9. The maximum absolute atomic E-state index is 14.3. The fourth-order valence-electron chi connectivity index (χ4n) is 3.44. The first kappa shape index (κ1) is 19.4. The number of fused-ring (bicyclic) bond motifs is 1. The van der Waals surface area contributed by atoms with Crippen molar-refractivity contribution in [1.29, 1.82) is 0 Å². The predicted molar refractivity (Wildman–Crippen MR) is 112 cm³/mol. The van der Waals surface area contributed by atoms with E-state index < -0.39 is 5.97 Å². The van der Waals surface area contributed by atoms with Crippen LogP contribution in [0.5, 0.6) is 5.88 Å². The van der Waals surface area contributed by atoms with Gasteiger partial charge in [-0.25, -0.2) is 18.9 Å². The number of aromatic hydroxyl groups is 1. The second-order valence-electron chi connectivity index (χ2n) is 7.08. The van der Waals surface area contributed by atoms with E-state index in [2.05, 4.69) is 20.2 Å². The first-order valence-electron chi connectivity index (χ1n) is 9.54. The number of aromatic carboxylic acids is 1. The highest BCUT2D eigenvalue weighted by atomic mass is 19.1. The van der Waals surface area contributed by atoms with Crippen LogP contribution >= 0.6 is 0 Å². The normalized spacial score (nSPS) is 11.2. The average molecular weight is 430 g/mol. The van der Waals surface area contributed by atoms with Gasteiger partial charge in [0, 0.05) is 6.20 Å². The Morgan fingerprint density at radius 1 is 1.00 bits per heavy atom. The van der Waals surface area contributed by atoms with E-state index in [1.165, 1.54) is 29.2 Å². The fraction of sp³-hybridized carbons (Fsp3) is 0.0455. The molecule has 158 valence electrons. The van der Waals surface area contributed by atoms with Crippen LogP contribution in [0.2, 0.25) is 0 Å². The van der Waals surface area contributed by atoms with Gasteiger partial charge in [-0.05, 0) is 34.9 Å². The number of halogens is 1. The third-order valence-corrected chi connectivity index (χ3v) is 4.89. The van der Waals surface area contributed by atoms with E-state index in [9.17, 15) is 14.3 Å². The van der Waals surface area contributed by atoms with Crippen molar-refractivity contribution in [3.05, 3.63) is 84.1 Å². The van der Waals surface area contributed by atoms with Crippen molar-refractivity contribution in [3.63, 3.8) is 0 Å². The van der Waals surface area contributed by atoms with E-state index in [0.717, 1.165) is 22.0 Å². The average Bonchev–Trinajstić information content (AvgIpc) is 3.42. The molecule has 32 heavy (non-hydrogen) atoms. The Kier molecular flexibility index (Phi) is 4.59. The standard InChI is InChI=1S/C22H15FN6O3/c23-17-7-13(6-15(8-17)14-4-2-1-3-5-14)11-28-19-18(10-25-28)26-22(27-20(19)30)29-12-16(9-24-29)21(31)32/h1-10,12H,11H2,(H,31,32)(H,26,27,30). The summed E-state index contributed by atoms with van der Waals surface area (Å²) in [5.41, 5.74) is 2.83. The Labute approximate surface area is 180 Å². The van der Waals surface area contributed by atoms with Gasteiger partial charge < -0.3 is 10.2 Å². The maximum atomic E-state index is 14.3. The molecule has 3 heterocycles. The molecule has 0 atom stereocenters. The molecule has 0 unspecified atom stereocenters. The topological polar surface area (TPSA) is 119 Å². The van der Waals surface area contributed by atoms with Gasteiger partial charge >= 0.3 is 5.97 Å². The fourth-order valence-corrected chi connectivity index (χ4v) is 3.44. The minimum atomic E-state index is -1.14. The van der Waals surface area contributed by atoms with Crippen LogP contribution < -0.4 is 0 Å². The Bertz CT molecular complexity index is 1460. The third-order valence-electron chi connectivity index (χ3n) is 4.89. The first-order chi connectivity index (χ1) is 15.5. The molecule has 0 aliphatic carbocycles. The predicted octanol–water partition coefficient (Wildman–Crippen LogP) is 3.27. The number of nitrogens with zero attached hydrogens (tertiary/aromatic N) is 6. The number of hydrogen-bond donors (Lipinski definition) is 2. The molecule has 2 aromatic carbocycles. The highest BCUT2D eigenvalue weighted by Gasteiger charge is 2.16.